The highest BCUT2D eigenvalue weighted by Gasteiger charge is 2.30. The fraction of sp³-hybridized carbons (Fsp3) is 0.538. The van der Waals surface area contributed by atoms with E-state index in [4.69, 9.17) is 4.74 Å². The number of ether oxygens (including phenoxy) is 1. The summed E-state index contributed by atoms with van der Waals surface area (Å²) < 4.78 is 42.8. The molecule has 0 unspecified atom stereocenters. The molecular formula is C13H17F3OS. The first-order valence-electron chi connectivity index (χ1n) is 5.75. The molecule has 0 atom stereocenters. The van der Waals surface area contributed by atoms with Gasteiger partial charge in [0.25, 0.3) is 0 Å². The molecule has 0 heterocycles. The van der Waals surface area contributed by atoms with Gasteiger partial charge in [-0.15, -0.1) is 0 Å². The summed E-state index contributed by atoms with van der Waals surface area (Å²) in [5, 5.41) is 0. The number of rotatable bonds is 6. The average Bonchev–Trinajstić information content (AvgIpc) is 2.27. The topological polar surface area (TPSA) is 9.23 Å². The zero-order chi connectivity index (χ0) is 13.6. The summed E-state index contributed by atoms with van der Waals surface area (Å²) in [4.78, 5) is 0. The molecule has 102 valence electrons. The molecule has 0 aliphatic rings. The normalized spacial score (nSPS) is 12.1. The Bertz CT molecular complexity index is 363. The molecule has 1 aromatic rings. The Labute approximate surface area is 110 Å². The SMILES string of the molecule is CC(C)OCCSCc1cccc(C(F)(F)F)c1. The largest absolute Gasteiger partial charge is 0.416 e. The third kappa shape index (κ3) is 5.78. The lowest BCUT2D eigenvalue weighted by Gasteiger charge is -2.09. The lowest BCUT2D eigenvalue weighted by molar-refractivity contribution is -0.137. The summed E-state index contributed by atoms with van der Waals surface area (Å²) >= 11 is 1.58. The van der Waals surface area contributed by atoms with Crippen molar-refractivity contribution >= 4 is 11.8 Å². The summed E-state index contributed by atoms with van der Waals surface area (Å²) in [5.74, 6) is 1.36. The second-order valence-corrected chi connectivity index (χ2v) is 5.28. The van der Waals surface area contributed by atoms with Gasteiger partial charge < -0.3 is 4.74 Å². The molecule has 0 aromatic heterocycles. The van der Waals surface area contributed by atoms with E-state index in [1.165, 1.54) is 12.1 Å². The summed E-state index contributed by atoms with van der Waals surface area (Å²) in [5.41, 5.74) is 0.110. The molecule has 0 fully saturated rings. The van der Waals surface area contributed by atoms with E-state index >= 15 is 0 Å². The van der Waals surface area contributed by atoms with Gasteiger partial charge in [0.15, 0.2) is 0 Å². The van der Waals surface area contributed by atoms with Crippen molar-refractivity contribution in [3.8, 4) is 0 Å². The monoisotopic (exact) mass is 278 g/mol. The van der Waals surface area contributed by atoms with Crippen LogP contribution < -0.4 is 0 Å². The van der Waals surface area contributed by atoms with Crippen molar-refractivity contribution in [2.45, 2.75) is 31.9 Å². The maximum atomic E-state index is 12.5. The van der Waals surface area contributed by atoms with Crippen LogP contribution in [0.1, 0.15) is 25.0 Å². The number of benzene rings is 1. The number of halogens is 3. The van der Waals surface area contributed by atoms with Crippen LogP contribution >= 0.6 is 11.8 Å². The van der Waals surface area contributed by atoms with Gasteiger partial charge >= 0.3 is 6.18 Å². The standard InChI is InChI=1S/C13H17F3OS/c1-10(2)17-6-7-18-9-11-4-3-5-12(8-11)13(14,15)16/h3-5,8,10H,6-7,9H2,1-2H3. The summed E-state index contributed by atoms with van der Waals surface area (Å²) in [6.45, 7) is 4.54. The smallest absolute Gasteiger partial charge is 0.378 e. The van der Waals surface area contributed by atoms with E-state index in [-0.39, 0.29) is 6.10 Å². The zero-order valence-electron chi connectivity index (χ0n) is 10.5. The molecule has 0 saturated carbocycles. The van der Waals surface area contributed by atoms with Crippen LogP contribution in [-0.4, -0.2) is 18.5 Å². The van der Waals surface area contributed by atoms with E-state index < -0.39 is 11.7 Å². The van der Waals surface area contributed by atoms with Crippen LogP contribution in [0, 0.1) is 0 Å². The molecule has 0 amide bonds. The second-order valence-electron chi connectivity index (χ2n) is 4.17. The van der Waals surface area contributed by atoms with E-state index in [2.05, 4.69) is 0 Å². The van der Waals surface area contributed by atoms with Gasteiger partial charge in [0.2, 0.25) is 0 Å². The highest BCUT2D eigenvalue weighted by Crippen LogP contribution is 2.30. The zero-order valence-corrected chi connectivity index (χ0v) is 11.3. The van der Waals surface area contributed by atoms with Crippen LogP contribution in [0.3, 0.4) is 0 Å². The molecule has 1 nitrogen and oxygen atoms in total. The van der Waals surface area contributed by atoms with Gasteiger partial charge in [-0.1, -0.05) is 18.2 Å². The van der Waals surface area contributed by atoms with Crippen LogP contribution in [0.15, 0.2) is 24.3 Å². The number of alkyl halides is 3. The Kier molecular flexibility index (Phi) is 6.02. The van der Waals surface area contributed by atoms with E-state index in [0.717, 1.165) is 11.8 Å². The Morgan fingerprint density at radius 1 is 1.28 bits per heavy atom. The first-order valence-corrected chi connectivity index (χ1v) is 6.90. The van der Waals surface area contributed by atoms with Crippen molar-refractivity contribution < 1.29 is 17.9 Å². The molecule has 0 saturated heterocycles. The van der Waals surface area contributed by atoms with Crippen molar-refractivity contribution in [1.82, 2.24) is 0 Å². The van der Waals surface area contributed by atoms with Crippen molar-refractivity contribution in [3.05, 3.63) is 35.4 Å². The third-order valence-electron chi connectivity index (χ3n) is 2.20. The van der Waals surface area contributed by atoms with E-state index in [0.29, 0.717) is 17.9 Å². The lowest BCUT2D eigenvalue weighted by atomic mass is 10.1. The molecule has 0 aliphatic carbocycles. The fourth-order valence-corrected chi connectivity index (χ4v) is 2.14. The lowest BCUT2D eigenvalue weighted by Crippen LogP contribution is -2.06. The molecule has 1 aromatic carbocycles. The number of hydrogen-bond donors (Lipinski definition) is 0. The Morgan fingerprint density at radius 2 is 2.00 bits per heavy atom. The second kappa shape index (κ2) is 7.04. The molecule has 5 heteroatoms. The van der Waals surface area contributed by atoms with Crippen LogP contribution in [0.5, 0.6) is 0 Å². The number of hydrogen-bond acceptors (Lipinski definition) is 2. The molecular weight excluding hydrogens is 261 g/mol. The quantitative estimate of drug-likeness (QED) is 0.715. The third-order valence-corrected chi connectivity index (χ3v) is 3.19. The minimum Gasteiger partial charge on any atom is -0.378 e. The van der Waals surface area contributed by atoms with Gasteiger partial charge in [-0.2, -0.15) is 24.9 Å². The maximum Gasteiger partial charge on any atom is 0.416 e. The molecule has 18 heavy (non-hydrogen) atoms. The van der Waals surface area contributed by atoms with E-state index in [1.54, 1.807) is 17.8 Å². The predicted octanol–water partition coefficient (Wildman–Crippen LogP) is 4.36. The predicted molar refractivity (Wildman–Crippen MR) is 68.7 cm³/mol. The summed E-state index contributed by atoms with van der Waals surface area (Å²) in [7, 11) is 0. The van der Waals surface area contributed by atoms with E-state index in [1.807, 2.05) is 13.8 Å². The van der Waals surface area contributed by atoms with Crippen molar-refractivity contribution in [3.63, 3.8) is 0 Å². The molecule has 0 radical (unpaired) electrons. The first-order chi connectivity index (χ1) is 8.39. The molecule has 0 aliphatic heterocycles. The van der Waals surface area contributed by atoms with Gasteiger partial charge in [-0.05, 0) is 25.5 Å². The Hall–Kier alpha value is -0.680. The van der Waals surface area contributed by atoms with Crippen LogP contribution in [-0.2, 0) is 16.7 Å². The van der Waals surface area contributed by atoms with Gasteiger partial charge in [-0.25, -0.2) is 0 Å². The summed E-state index contributed by atoms with van der Waals surface area (Å²) in [6.07, 6.45) is -4.07. The van der Waals surface area contributed by atoms with Gasteiger partial charge in [0.05, 0.1) is 18.3 Å². The number of thioether (sulfide) groups is 1. The van der Waals surface area contributed by atoms with Crippen molar-refractivity contribution in [2.75, 3.05) is 12.4 Å². The Morgan fingerprint density at radius 3 is 2.61 bits per heavy atom. The highest BCUT2D eigenvalue weighted by molar-refractivity contribution is 7.98. The molecule has 0 spiro atoms. The first kappa shape index (κ1) is 15.4. The molecule has 0 bridgehead atoms. The molecule has 0 N–H and O–H groups in total. The van der Waals surface area contributed by atoms with Crippen molar-refractivity contribution in [1.29, 1.82) is 0 Å². The van der Waals surface area contributed by atoms with Crippen LogP contribution in [0.2, 0.25) is 0 Å². The van der Waals surface area contributed by atoms with Gasteiger partial charge in [-0.3, -0.25) is 0 Å². The fourth-order valence-electron chi connectivity index (χ4n) is 1.37. The average molecular weight is 278 g/mol. The summed E-state index contributed by atoms with van der Waals surface area (Å²) in [6, 6.07) is 5.46. The Balaban J connectivity index is 2.39. The highest BCUT2D eigenvalue weighted by atomic mass is 32.2. The molecule has 1 rings (SSSR count). The van der Waals surface area contributed by atoms with Crippen molar-refractivity contribution in [2.24, 2.45) is 0 Å². The minimum absolute atomic E-state index is 0.194. The minimum atomic E-state index is -4.26. The maximum absolute atomic E-state index is 12.5. The van der Waals surface area contributed by atoms with E-state index in [9.17, 15) is 13.2 Å². The van der Waals surface area contributed by atoms with Crippen LogP contribution in [0.25, 0.3) is 0 Å². The van der Waals surface area contributed by atoms with Gasteiger partial charge in [0, 0.05) is 11.5 Å². The van der Waals surface area contributed by atoms with Crippen LogP contribution in [0.4, 0.5) is 13.2 Å². The van der Waals surface area contributed by atoms with Gasteiger partial charge in [0.1, 0.15) is 0 Å².